The normalized spacial score (nSPS) is 10.5. The van der Waals surface area contributed by atoms with E-state index in [0.29, 0.717) is 30.0 Å². The van der Waals surface area contributed by atoms with Gasteiger partial charge in [-0.05, 0) is 47.2 Å². The lowest BCUT2D eigenvalue weighted by atomic mass is 10.1. The fourth-order valence-corrected chi connectivity index (χ4v) is 2.67. The summed E-state index contributed by atoms with van der Waals surface area (Å²) in [5.41, 5.74) is 4.29. The zero-order valence-corrected chi connectivity index (χ0v) is 13.9. The molecule has 0 N–H and O–H groups in total. The van der Waals surface area contributed by atoms with Crippen LogP contribution in [0.4, 0.5) is 4.39 Å². The molecule has 0 unspecified atom stereocenters. The van der Waals surface area contributed by atoms with Gasteiger partial charge in [-0.2, -0.15) is 4.98 Å². The van der Waals surface area contributed by atoms with Crippen molar-refractivity contribution < 1.29 is 8.81 Å². The summed E-state index contributed by atoms with van der Waals surface area (Å²) in [5, 5.41) is 0. The van der Waals surface area contributed by atoms with Gasteiger partial charge in [0.2, 0.25) is 5.71 Å². The third kappa shape index (κ3) is 3.79. The Kier molecular flexibility index (Phi) is 4.44. The van der Waals surface area contributed by atoms with Gasteiger partial charge in [-0.1, -0.05) is 48.4 Å². The van der Waals surface area contributed by atoms with E-state index in [1.165, 1.54) is 12.1 Å². The molecule has 126 valence electrons. The van der Waals surface area contributed by atoms with Crippen LogP contribution < -0.4 is 0 Å². The first-order valence-corrected chi connectivity index (χ1v) is 8.29. The number of pyridine rings is 1. The maximum absolute atomic E-state index is 13.0. The highest BCUT2D eigenvalue weighted by molar-refractivity contribution is 5.69. The second-order valence-corrected chi connectivity index (χ2v) is 5.95. The Morgan fingerprint density at radius 1 is 0.923 bits per heavy atom. The lowest BCUT2D eigenvalue weighted by molar-refractivity contribution is 0.575. The Morgan fingerprint density at radius 3 is 2.54 bits per heavy atom. The summed E-state index contributed by atoms with van der Waals surface area (Å²) in [6, 6.07) is 18.4. The first-order chi connectivity index (χ1) is 12.8. The van der Waals surface area contributed by atoms with Gasteiger partial charge in [0.25, 0.3) is 5.89 Å². The molecule has 0 spiro atoms. The van der Waals surface area contributed by atoms with Crippen molar-refractivity contribution >= 4 is 11.2 Å². The molecule has 0 aliphatic heterocycles. The van der Waals surface area contributed by atoms with Gasteiger partial charge < -0.3 is 4.42 Å². The minimum absolute atomic E-state index is 0.238. The lowest BCUT2D eigenvalue weighted by Crippen LogP contribution is -1.90. The van der Waals surface area contributed by atoms with Gasteiger partial charge in [-0.3, -0.25) is 0 Å². The summed E-state index contributed by atoms with van der Waals surface area (Å²) in [5.74, 6) is 6.14. The number of nitrogens with zero attached hydrogens (tertiary/aromatic N) is 2. The molecular formula is C22H15FN2O. The number of rotatable bonds is 3. The highest BCUT2D eigenvalue weighted by Gasteiger charge is 2.07. The summed E-state index contributed by atoms with van der Waals surface area (Å²) >= 11 is 0. The molecule has 2 heterocycles. The van der Waals surface area contributed by atoms with E-state index in [0.717, 1.165) is 16.7 Å². The fraction of sp³-hybridized carbons (Fsp3) is 0.0909. The van der Waals surface area contributed by atoms with Crippen molar-refractivity contribution in [3.05, 3.63) is 95.3 Å². The molecule has 0 atom stereocenters. The Morgan fingerprint density at radius 2 is 1.73 bits per heavy atom. The van der Waals surface area contributed by atoms with E-state index in [4.69, 9.17) is 4.42 Å². The Bertz CT molecular complexity index is 1090. The van der Waals surface area contributed by atoms with Crippen LogP contribution in [0.15, 0.2) is 71.3 Å². The van der Waals surface area contributed by atoms with Crippen LogP contribution >= 0.6 is 0 Å². The summed E-state index contributed by atoms with van der Waals surface area (Å²) < 4.78 is 18.6. The minimum Gasteiger partial charge on any atom is -0.411 e. The molecule has 0 radical (unpaired) electrons. The van der Waals surface area contributed by atoms with E-state index in [-0.39, 0.29) is 5.82 Å². The molecule has 0 bridgehead atoms. The maximum Gasteiger partial charge on any atom is 0.275 e. The van der Waals surface area contributed by atoms with Gasteiger partial charge >= 0.3 is 0 Å². The van der Waals surface area contributed by atoms with Crippen LogP contribution in [0.3, 0.4) is 0 Å². The summed E-state index contributed by atoms with van der Waals surface area (Å²) in [6.07, 6.45) is 3.05. The number of aromatic nitrogens is 2. The van der Waals surface area contributed by atoms with Gasteiger partial charge in [0, 0.05) is 12.6 Å². The van der Waals surface area contributed by atoms with E-state index in [2.05, 4.69) is 21.8 Å². The molecule has 2 aromatic carbocycles. The standard InChI is InChI=1S/C22H15FN2O/c23-19-11-9-17(10-12-19)13-18-14-20-22(24-15-18)26-21(25-20)8-4-7-16-5-2-1-3-6-16/h1-3,5-6,9-12,14-15H,7,13H2. The average molecular weight is 342 g/mol. The number of halogens is 1. The smallest absolute Gasteiger partial charge is 0.275 e. The molecule has 26 heavy (non-hydrogen) atoms. The Labute approximate surface area is 150 Å². The molecule has 3 nitrogen and oxygen atoms in total. The zero-order chi connectivity index (χ0) is 17.8. The van der Waals surface area contributed by atoms with Crippen molar-refractivity contribution in [2.45, 2.75) is 12.8 Å². The van der Waals surface area contributed by atoms with Crippen LogP contribution in [0.5, 0.6) is 0 Å². The van der Waals surface area contributed by atoms with Gasteiger partial charge in [0.1, 0.15) is 11.3 Å². The van der Waals surface area contributed by atoms with Gasteiger partial charge in [-0.25, -0.2) is 9.37 Å². The predicted octanol–water partition coefficient (Wildman–Crippen LogP) is 4.55. The molecule has 0 aliphatic rings. The number of oxazole rings is 1. The predicted molar refractivity (Wildman–Crippen MR) is 98.0 cm³/mol. The molecule has 2 aromatic heterocycles. The molecule has 4 aromatic rings. The molecule has 0 fully saturated rings. The third-order valence-electron chi connectivity index (χ3n) is 3.96. The zero-order valence-electron chi connectivity index (χ0n) is 13.9. The van der Waals surface area contributed by atoms with Crippen LogP contribution in [-0.4, -0.2) is 9.97 Å². The molecular weight excluding hydrogens is 327 g/mol. The highest BCUT2D eigenvalue weighted by Crippen LogP contribution is 2.17. The van der Waals surface area contributed by atoms with E-state index < -0.39 is 0 Å². The van der Waals surface area contributed by atoms with E-state index in [9.17, 15) is 4.39 Å². The highest BCUT2D eigenvalue weighted by atomic mass is 19.1. The van der Waals surface area contributed by atoms with Crippen molar-refractivity contribution in [3.63, 3.8) is 0 Å². The van der Waals surface area contributed by atoms with Crippen molar-refractivity contribution in [2.75, 3.05) is 0 Å². The SMILES string of the molecule is Fc1ccc(Cc2cnc3oc(C#CCc4ccccc4)nc3c2)cc1. The van der Waals surface area contributed by atoms with Gasteiger partial charge in [-0.15, -0.1) is 0 Å². The van der Waals surface area contributed by atoms with Crippen molar-refractivity contribution in [2.24, 2.45) is 0 Å². The first-order valence-electron chi connectivity index (χ1n) is 8.29. The third-order valence-corrected chi connectivity index (χ3v) is 3.96. The topological polar surface area (TPSA) is 38.9 Å². The first kappa shape index (κ1) is 16.0. The summed E-state index contributed by atoms with van der Waals surface area (Å²) in [7, 11) is 0. The van der Waals surface area contributed by atoms with Crippen molar-refractivity contribution in [3.8, 4) is 11.8 Å². The van der Waals surface area contributed by atoms with Crippen LogP contribution in [0, 0.1) is 17.7 Å². The molecule has 0 aliphatic carbocycles. The average Bonchev–Trinajstić information content (AvgIpc) is 3.06. The molecule has 0 amide bonds. The second kappa shape index (κ2) is 7.20. The van der Waals surface area contributed by atoms with Crippen molar-refractivity contribution in [1.29, 1.82) is 0 Å². The van der Waals surface area contributed by atoms with E-state index in [1.54, 1.807) is 18.3 Å². The molecule has 0 saturated heterocycles. The minimum atomic E-state index is -0.238. The van der Waals surface area contributed by atoms with Crippen molar-refractivity contribution in [1.82, 2.24) is 9.97 Å². The van der Waals surface area contributed by atoms with E-state index in [1.807, 2.05) is 36.4 Å². The largest absolute Gasteiger partial charge is 0.411 e. The quantitative estimate of drug-likeness (QED) is 0.513. The number of benzene rings is 2. The van der Waals surface area contributed by atoms with Crippen LogP contribution in [0.2, 0.25) is 0 Å². The van der Waals surface area contributed by atoms with Gasteiger partial charge in [0.05, 0.1) is 0 Å². The number of fused-ring (bicyclic) bond motifs is 1. The van der Waals surface area contributed by atoms with Crippen LogP contribution in [0.1, 0.15) is 22.6 Å². The second-order valence-electron chi connectivity index (χ2n) is 5.95. The van der Waals surface area contributed by atoms with Gasteiger partial charge in [0.15, 0.2) is 0 Å². The summed E-state index contributed by atoms with van der Waals surface area (Å²) in [4.78, 5) is 8.71. The number of hydrogen-bond acceptors (Lipinski definition) is 3. The van der Waals surface area contributed by atoms with Crippen LogP contribution in [0.25, 0.3) is 11.2 Å². The van der Waals surface area contributed by atoms with E-state index >= 15 is 0 Å². The monoisotopic (exact) mass is 342 g/mol. The lowest BCUT2D eigenvalue weighted by Gasteiger charge is -2.00. The Hall–Kier alpha value is -3.45. The summed E-state index contributed by atoms with van der Waals surface area (Å²) in [6.45, 7) is 0. The molecule has 0 saturated carbocycles. The fourth-order valence-electron chi connectivity index (χ4n) is 2.67. The molecule has 4 rings (SSSR count). The Balaban J connectivity index is 1.51. The maximum atomic E-state index is 13.0. The molecule has 4 heteroatoms. The number of hydrogen-bond donors (Lipinski definition) is 0. The van der Waals surface area contributed by atoms with Crippen LogP contribution in [-0.2, 0) is 12.8 Å².